The molecular formula is C18H23ClN4O. The summed E-state index contributed by atoms with van der Waals surface area (Å²) in [5, 5.41) is 6.69. The number of hydrogen-bond donors (Lipinski definition) is 2. The highest BCUT2D eigenvalue weighted by Crippen LogP contribution is 2.20. The molecule has 1 heterocycles. The van der Waals surface area contributed by atoms with Crippen LogP contribution in [0.4, 0.5) is 11.5 Å². The molecule has 2 rings (SSSR count). The molecule has 0 spiro atoms. The van der Waals surface area contributed by atoms with Gasteiger partial charge in [-0.2, -0.15) is 0 Å². The first-order valence-electron chi connectivity index (χ1n) is 7.88. The maximum atomic E-state index is 12.2. The Morgan fingerprint density at radius 1 is 1.25 bits per heavy atom. The monoisotopic (exact) mass is 346 g/mol. The number of anilines is 2. The smallest absolute Gasteiger partial charge is 0.257 e. The van der Waals surface area contributed by atoms with E-state index in [1.165, 1.54) is 0 Å². The number of benzene rings is 1. The van der Waals surface area contributed by atoms with Gasteiger partial charge in [0.25, 0.3) is 5.91 Å². The van der Waals surface area contributed by atoms with Crippen LogP contribution in [-0.2, 0) is 0 Å². The van der Waals surface area contributed by atoms with Crippen molar-refractivity contribution in [1.82, 2.24) is 9.88 Å². The average Bonchev–Trinajstić information content (AvgIpc) is 2.55. The Balaban J connectivity index is 1.89. The fraction of sp³-hybridized carbons (Fsp3) is 0.333. The van der Waals surface area contributed by atoms with Crippen LogP contribution in [0, 0.1) is 6.92 Å². The van der Waals surface area contributed by atoms with Crippen LogP contribution in [0.5, 0.6) is 0 Å². The number of pyridine rings is 1. The van der Waals surface area contributed by atoms with Crippen molar-refractivity contribution in [2.75, 3.05) is 37.8 Å². The van der Waals surface area contributed by atoms with Gasteiger partial charge in [0.1, 0.15) is 5.82 Å². The Morgan fingerprint density at radius 2 is 2.04 bits per heavy atom. The maximum absolute atomic E-state index is 12.2. The van der Waals surface area contributed by atoms with Crippen LogP contribution in [-0.4, -0.2) is 43.0 Å². The highest BCUT2D eigenvalue weighted by molar-refractivity contribution is 6.31. The van der Waals surface area contributed by atoms with Crippen LogP contribution in [0.3, 0.4) is 0 Å². The lowest BCUT2D eigenvalue weighted by Crippen LogP contribution is -2.17. The molecule has 1 amide bonds. The molecule has 0 saturated carbocycles. The number of nitrogens with zero attached hydrogens (tertiary/aromatic N) is 2. The standard InChI is InChI=1S/C18H23ClN4O/c1-13-5-7-15(11-16(13)19)22-18(24)14-6-8-17(21-12-14)20-9-4-10-23(2)3/h5-8,11-12H,4,9-10H2,1-3H3,(H,20,21)(H,22,24). The number of rotatable bonds is 7. The molecule has 2 aromatic rings. The van der Waals surface area contributed by atoms with Crippen molar-refractivity contribution in [2.24, 2.45) is 0 Å². The van der Waals surface area contributed by atoms with Crippen LogP contribution in [0.15, 0.2) is 36.5 Å². The molecule has 1 aromatic carbocycles. The Morgan fingerprint density at radius 3 is 2.67 bits per heavy atom. The minimum Gasteiger partial charge on any atom is -0.370 e. The summed E-state index contributed by atoms with van der Waals surface area (Å²) in [4.78, 5) is 18.7. The zero-order chi connectivity index (χ0) is 17.5. The highest BCUT2D eigenvalue weighted by Gasteiger charge is 2.08. The van der Waals surface area contributed by atoms with Crippen molar-refractivity contribution >= 4 is 29.0 Å². The third-order valence-corrected chi connectivity index (χ3v) is 3.95. The van der Waals surface area contributed by atoms with Gasteiger partial charge in [-0.05, 0) is 63.8 Å². The molecule has 128 valence electrons. The summed E-state index contributed by atoms with van der Waals surface area (Å²) < 4.78 is 0. The average molecular weight is 347 g/mol. The zero-order valence-corrected chi connectivity index (χ0v) is 15.0. The molecule has 5 nitrogen and oxygen atoms in total. The molecule has 0 aliphatic rings. The van der Waals surface area contributed by atoms with Crippen LogP contribution < -0.4 is 10.6 Å². The lowest BCUT2D eigenvalue weighted by atomic mass is 10.2. The molecule has 0 unspecified atom stereocenters. The van der Waals surface area contributed by atoms with Gasteiger partial charge in [-0.1, -0.05) is 17.7 Å². The predicted molar refractivity (Wildman–Crippen MR) is 100 cm³/mol. The second kappa shape index (κ2) is 8.66. The Kier molecular flexibility index (Phi) is 6.58. The molecule has 0 aliphatic heterocycles. The van der Waals surface area contributed by atoms with Gasteiger partial charge in [-0.25, -0.2) is 4.98 Å². The molecule has 24 heavy (non-hydrogen) atoms. The Bertz CT molecular complexity index is 686. The van der Waals surface area contributed by atoms with Crippen molar-refractivity contribution in [2.45, 2.75) is 13.3 Å². The number of aromatic nitrogens is 1. The molecule has 0 aliphatic carbocycles. The fourth-order valence-corrected chi connectivity index (χ4v) is 2.30. The first-order chi connectivity index (χ1) is 11.5. The minimum absolute atomic E-state index is 0.207. The molecular weight excluding hydrogens is 324 g/mol. The van der Waals surface area contributed by atoms with Crippen molar-refractivity contribution in [3.8, 4) is 0 Å². The van der Waals surface area contributed by atoms with E-state index in [0.717, 1.165) is 30.9 Å². The van der Waals surface area contributed by atoms with E-state index in [-0.39, 0.29) is 5.91 Å². The van der Waals surface area contributed by atoms with E-state index in [1.807, 2.05) is 39.2 Å². The predicted octanol–water partition coefficient (Wildman–Crippen LogP) is 3.66. The van der Waals surface area contributed by atoms with Gasteiger partial charge >= 0.3 is 0 Å². The Hall–Kier alpha value is -2.11. The third kappa shape index (κ3) is 5.51. The summed E-state index contributed by atoms with van der Waals surface area (Å²) in [5.74, 6) is 0.560. The number of amides is 1. The van der Waals surface area contributed by atoms with Gasteiger partial charge in [0.15, 0.2) is 0 Å². The molecule has 0 radical (unpaired) electrons. The number of carbonyl (C=O) groups excluding carboxylic acids is 1. The van der Waals surface area contributed by atoms with E-state index < -0.39 is 0 Å². The number of hydrogen-bond acceptors (Lipinski definition) is 4. The fourth-order valence-electron chi connectivity index (χ4n) is 2.12. The molecule has 0 atom stereocenters. The van der Waals surface area contributed by atoms with Gasteiger partial charge in [0, 0.05) is 23.5 Å². The number of halogens is 1. The molecule has 1 aromatic heterocycles. The topological polar surface area (TPSA) is 57.3 Å². The lowest BCUT2D eigenvalue weighted by molar-refractivity contribution is 0.102. The number of nitrogens with one attached hydrogen (secondary N) is 2. The molecule has 2 N–H and O–H groups in total. The normalized spacial score (nSPS) is 10.7. The summed E-state index contributed by atoms with van der Waals surface area (Å²) in [7, 11) is 4.10. The second-order valence-corrected chi connectivity index (χ2v) is 6.34. The zero-order valence-electron chi connectivity index (χ0n) is 14.3. The van der Waals surface area contributed by atoms with E-state index in [1.54, 1.807) is 18.3 Å². The Labute approximate surface area is 148 Å². The SMILES string of the molecule is Cc1ccc(NC(=O)c2ccc(NCCCN(C)C)nc2)cc1Cl. The highest BCUT2D eigenvalue weighted by atomic mass is 35.5. The quantitative estimate of drug-likeness (QED) is 0.751. The van der Waals surface area contributed by atoms with Gasteiger partial charge in [0.05, 0.1) is 5.56 Å². The van der Waals surface area contributed by atoms with Crippen molar-refractivity contribution in [1.29, 1.82) is 0 Å². The van der Waals surface area contributed by atoms with Crippen LogP contribution >= 0.6 is 11.6 Å². The van der Waals surface area contributed by atoms with Crippen molar-refractivity contribution < 1.29 is 4.79 Å². The molecule has 6 heteroatoms. The van der Waals surface area contributed by atoms with Crippen LogP contribution in [0.1, 0.15) is 22.3 Å². The molecule has 0 bridgehead atoms. The molecule has 0 fully saturated rings. The van der Waals surface area contributed by atoms with Crippen LogP contribution in [0.25, 0.3) is 0 Å². The van der Waals surface area contributed by atoms with Gasteiger partial charge in [-0.15, -0.1) is 0 Å². The van der Waals surface area contributed by atoms with Crippen molar-refractivity contribution in [3.05, 3.63) is 52.7 Å². The largest absolute Gasteiger partial charge is 0.370 e. The maximum Gasteiger partial charge on any atom is 0.257 e. The van der Waals surface area contributed by atoms with Crippen LogP contribution in [0.2, 0.25) is 5.02 Å². The van der Waals surface area contributed by atoms with E-state index in [2.05, 4.69) is 20.5 Å². The van der Waals surface area contributed by atoms with Gasteiger partial charge in [-0.3, -0.25) is 4.79 Å². The minimum atomic E-state index is -0.207. The molecule has 0 saturated heterocycles. The summed E-state index contributed by atoms with van der Waals surface area (Å²) >= 11 is 6.07. The summed E-state index contributed by atoms with van der Waals surface area (Å²) in [6.07, 6.45) is 2.60. The van der Waals surface area contributed by atoms with E-state index >= 15 is 0 Å². The lowest BCUT2D eigenvalue weighted by Gasteiger charge is -2.10. The van der Waals surface area contributed by atoms with Crippen molar-refractivity contribution in [3.63, 3.8) is 0 Å². The number of aryl methyl sites for hydroxylation is 1. The summed E-state index contributed by atoms with van der Waals surface area (Å²) in [5.41, 5.74) is 2.15. The summed E-state index contributed by atoms with van der Waals surface area (Å²) in [6, 6.07) is 9.01. The van der Waals surface area contributed by atoms with E-state index in [0.29, 0.717) is 16.3 Å². The van der Waals surface area contributed by atoms with E-state index in [4.69, 9.17) is 11.6 Å². The summed E-state index contributed by atoms with van der Waals surface area (Å²) in [6.45, 7) is 3.79. The second-order valence-electron chi connectivity index (χ2n) is 5.93. The van der Waals surface area contributed by atoms with Gasteiger partial charge in [0.2, 0.25) is 0 Å². The first kappa shape index (κ1) is 18.2. The third-order valence-electron chi connectivity index (χ3n) is 3.54. The van der Waals surface area contributed by atoms with E-state index in [9.17, 15) is 4.79 Å². The van der Waals surface area contributed by atoms with Gasteiger partial charge < -0.3 is 15.5 Å². The first-order valence-corrected chi connectivity index (χ1v) is 8.25. The number of carbonyl (C=O) groups is 1.